The molecule has 0 saturated heterocycles. The molecular weight excluding hydrogens is 364 g/mol. The van der Waals surface area contributed by atoms with E-state index in [4.69, 9.17) is 9.47 Å². The summed E-state index contributed by atoms with van der Waals surface area (Å²) in [4.78, 5) is 25.2. The molecule has 7 nitrogen and oxygen atoms in total. The number of Topliss-reactive ketones (excluding diaryl/α,β-unsaturated/α-hetero) is 1. The maximum atomic E-state index is 12.7. The van der Waals surface area contributed by atoms with Gasteiger partial charge in [0.15, 0.2) is 11.4 Å². The van der Waals surface area contributed by atoms with Gasteiger partial charge < -0.3 is 24.8 Å². The summed E-state index contributed by atoms with van der Waals surface area (Å²) in [5, 5.41) is 30.1. The summed E-state index contributed by atoms with van der Waals surface area (Å²) in [6.07, 6.45) is 3.41. The van der Waals surface area contributed by atoms with Crippen molar-refractivity contribution in [2.24, 2.45) is 11.8 Å². The summed E-state index contributed by atoms with van der Waals surface area (Å²) in [5.41, 5.74) is -0.951. The largest absolute Gasteiger partial charge is 0.501 e. The van der Waals surface area contributed by atoms with Crippen molar-refractivity contribution in [1.82, 2.24) is 0 Å². The van der Waals surface area contributed by atoms with Crippen LogP contribution < -0.4 is 0 Å². The molecule has 7 heteroatoms. The predicted octanol–water partition coefficient (Wildman–Crippen LogP) is 1.67. The van der Waals surface area contributed by atoms with Gasteiger partial charge in [0, 0.05) is 6.42 Å². The van der Waals surface area contributed by atoms with Gasteiger partial charge in [-0.15, -0.1) is 0 Å². The zero-order valence-electron chi connectivity index (χ0n) is 17.1. The number of aliphatic hydroxyl groups is 3. The van der Waals surface area contributed by atoms with E-state index in [-0.39, 0.29) is 18.9 Å². The van der Waals surface area contributed by atoms with Gasteiger partial charge in [-0.05, 0) is 37.3 Å². The highest BCUT2D eigenvalue weighted by Gasteiger charge is 2.43. The monoisotopic (exact) mass is 396 g/mol. The number of esters is 1. The quantitative estimate of drug-likeness (QED) is 0.489. The Morgan fingerprint density at radius 1 is 1.32 bits per heavy atom. The Morgan fingerprint density at radius 2 is 1.96 bits per heavy atom. The van der Waals surface area contributed by atoms with E-state index in [2.05, 4.69) is 6.58 Å². The van der Waals surface area contributed by atoms with E-state index >= 15 is 0 Å². The Labute approximate surface area is 166 Å². The number of carbonyl (C=O) groups is 2. The van der Waals surface area contributed by atoms with E-state index in [1.165, 1.54) is 14.0 Å². The predicted molar refractivity (Wildman–Crippen MR) is 104 cm³/mol. The van der Waals surface area contributed by atoms with E-state index in [0.29, 0.717) is 24.2 Å². The molecule has 0 fully saturated rings. The van der Waals surface area contributed by atoms with Crippen LogP contribution in [-0.2, 0) is 19.1 Å². The molecular formula is C21H32O7. The molecule has 0 saturated carbocycles. The topological polar surface area (TPSA) is 113 Å². The Balaban J connectivity index is 3.42. The SMILES string of the molecule is C=C1/C=C(/CO)[C@H](CC)OC(=O)[C@H](C)C(=O)[C@@](O)(CO)C/C(OC)=C\[C@@H](C)C1. The van der Waals surface area contributed by atoms with Crippen molar-refractivity contribution in [3.63, 3.8) is 0 Å². The van der Waals surface area contributed by atoms with Crippen molar-refractivity contribution in [3.05, 3.63) is 35.6 Å². The normalized spacial score (nSPS) is 34.5. The third-order valence-electron chi connectivity index (χ3n) is 4.87. The molecule has 28 heavy (non-hydrogen) atoms. The molecule has 0 bridgehead atoms. The molecule has 0 spiro atoms. The van der Waals surface area contributed by atoms with Crippen molar-refractivity contribution in [1.29, 1.82) is 0 Å². The number of rotatable bonds is 4. The highest BCUT2D eigenvalue weighted by Crippen LogP contribution is 2.27. The minimum absolute atomic E-state index is 0.0420. The summed E-state index contributed by atoms with van der Waals surface area (Å²) in [6, 6.07) is 0. The molecule has 3 N–H and O–H groups in total. The number of allylic oxidation sites excluding steroid dienone is 3. The zero-order chi connectivity index (χ0) is 21.5. The van der Waals surface area contributed by atoms with Crippen molar-refractivity contribution in [3.8, 4) is 0 Å². The number of hydrogen-bond donors (Lipinski definition) is 3. The lowest BCUT2D eigenvalue weighted by Crippen LogP contribution is -2.48. The first-order valence-electron chi connectivity index (χ1n) is 9.43. The van der Waals surface area contributed by atoms with E-state index in [9.17, 15) is 24.9 Å². The highest BCUT2D eigenvalue weighted by molar-refractivity contribution is 6.03. The number of aliphatic hydroxyl groups excluding tert-OH is 2. The third kappa shape index (κ3) is 6.02. The Hall–Kier alpha value is -1.96. The second kappa shape index (κ2) is 10.5. The van der Waals surface area contributed by atoms with E-state index in [1.54, 1.807) is 19.1 Å². The first-order chi connectivity index (χ1) is 13.1. The second-order valence-corrected chi connectivity index (χ2v) is 7.34. The van der Waals surface area contributed by atoms with Gasteiger partial charge >= 0.3 is 5.97 Å². The highest BCUT2D eigenvalue weighted by atomic mass is 16.5. The second-order valence-electron chi connectivity index (χ2n) is 7.34. The van der Waals surface area contributed by atoms with Gasteiger partial charge in [-0.3, -0.25) is 9.59 Å². The lowest BCUT2D eigenvalue weighted by molar-refractivity contribution is -0.162. The van der Waals surface area contributed by atoms with Crippen molar-refractivity contribution in [2.75, 3.05) is 20.3 Å². The molecule has 1 heterocycles. The van der Waals surface area contributed by atoms with Crippen LogP contribution in [0.3, 0.4) is 0 Å². The fourth-order valence-electron chi connectivity index (χ4n) is 3.23. The number of carbonyl (C=O) groups excluding carboxylic acids is 2. The summed E-state index contributed by atoms with van der Waals surface area (Å²) in [5.74, 6) is -2.70. The molecule has 4 atom stereocenters. The molecule has 0 aromatic rings. The fourth-order valence-corrected chi connectivity index (χ4v) is 3.23. The molecule has 0 amide bonds. The van der Waals surface area contributed by atoms with Gasteiger partial charge in [0.25, 0.3) is 0 Å². The van der Waals surface area contributed by atoms with E-state index < -0.39 is 36.0 Å². The number of ether oxygens (including phenoxy) is 2. The van der Waals surface area contributed by atoms with Crippen LogP contribution in [0.5, 0.6) is 0 Å². The summed E-state index contributed by atoms with van der Waals surface area (Å²) < 4.78 is 10.7. The molecule has 1 aliphatic rings. The maximum absolute atomic E-state index is 12.7. The van der Waals surface area contributed by atoms with Crippen LogP contribution >= 0.6 is 0 Å². The average Bonchev–Trinajstić information content (AvgIpc) is 2.67. The van der Waals surface area contributed by atoms with Gasteiger partial charge in [-0.25, -0.2) is 0 Å². The van der Waals surface area contributed by atoms with E-state index in [1.807, 2.05) is 6.92 Å². The first-order valence-corrected chi connectivity index (χ1v) is 9.43. The molecule has 0 aliphatic carbocycles. The smallest absolute Gasteiger partial charge is 0.316 e. The van der Waals surface area contributed by atoms with Crippen molar-refractivity contribution < 1.29 is 34.4 Å². The molecule has 1 rings (SSSR count). The van der Waals surface area contributed by atoms with E-state index in [0.717, 1.165) is 5.57 Å². The van der Waals surface area contributed by atoms with Crippen LogP contribution in [0.15, 0.2) is 35.6 Å². The minimum Gasteiger partial charge on any atom is -0.501 e. The van der Waals surface area contributed by atoms with Gasteiger partial charge in [-0.2, -0.15) is 0 Å². The van der Waals surface area contributed by atoms with Crippen LogP contribution in [0.4, 0.5) is 0 Å². The van der Waals surface area contributed by atoms with Crippen LogP contribution in [0.1, 0.15) is 40.0 Å². The summed E-state index contributed by atoms with van der Waals surface area (Å²) >= 11 is 0. The van der Waals surface area contributed by atoms with Gasteiger partial charge in [0.1, 0.15) is 12.0 Å². The number of ketones is 1. The third-order valence-corrected chi connectivity index (χ3v) is 4.87. The maximum Gasteiger partial charge on any atom is 0.316 e. The molecule has 0 radical (unpaired) electrons. The van der Waals surface area contributed by atoms with Gasteiger partial charge in [0.05, 0.1) is 26.1 Å². The minimum atomic E-state index is -2.17. The average molecular weight is 396 g/mol. The first kappa shape index (κ1) is 24.1. The number of methoxy groups -OCH3 is 1. The molecule has 0 aromatic heterocycles. The van der Waals surface area contributed by atoms with Crippen LogP contribution in [0.2, 0.25) is 0 Å². The Morgan fingerprint density at radius 3 is 2.46 bits per heavy atom. The lowest BCUT2D eigenvalue weighted by atomic mass is 9.86. The lowest BCUT2D eigenvalue weighted by Gasteiger charge is -2.29. The van der Waals surface area contributed by atoms with Crippen molar-refractivity contribution in [2.45, 2.75) is 51.7 Å². The Bertz CT molecular complexity index is 649. The number of cyclic esters (lactones) is 1. The van der Waals surface area contributed by atoms with Gasteiger partial charge in [0.2, 0.25) is 0 Å². The molecule has 1 aliphatic heterocycles. The van der Waals surface area contributed by atoms with Crippen molar-refractivity contribution >= 4 is 11.8 Å². The summed E-state index contributed by atoms with van der Waals surface area (Å²) in [6.45, 7) is 7.86. The number of hydrogen-bond acceptors (Lipinski definition) is 7. The summed E-state index contributed by atoms with van der Waals surface area (Å²) in [7, 11) is 1.41. The standard InChI is InChI=1S/C21H32O7/c1-6-18-16(11-22)8-13(2)7-14(3)9-17(27-5)10-21(26,12-23)19(24)15(4)20(25)28-18/h8-9,14-15,18,22-23,26H,2,6-7,10-12H2,1,3-5H3/b16-8-,17-9+/t14-,15+,18-,21-/m0/s1. The molecule has 0 unspecified atom stereocenters. The zero-order valence-corrected chi connectivity index (χ0v) is 17.1. The molecule has 0 aromatic carbocycles. The fraction of sp³-hybridized carbons (Fsp3) is 0.619. The van der Waals surface area contributed by atoms with Gasteiger partial charge in [-0.1, -0.05) is 32.1 Å². The van der Waals surface area contributed by atoms with Crippen LogP contribution in [-0.4, -0.2) is 59.1 Å². The molecule has 158 valence electrons. The Kier molecular flexibility index (Phi) is 9.07. The van der Waals surface area contributed by atoms with Crippen LogP contribution in [0.25, 0.3) is 0 Å². The van der Waals surface area contributed by atoms with Crippen LogP contribution in [0, 0.1) is 11.8 Å².